The maximum Gasteiger partial charge on any atom is 0.267 e. The highest BCUT2D eigenvalue weighted by Crippen LogP contribution is 2.30. The van der Waals surface area contributed by atoms with Gasteiger partial charge in [-0.3, -0.25) is 9.59 Å². The van der Waals surface area contributed by atoms with E-state index in [9.17, 15) is 9.59 Å². The Labute approximate surface area is 136 Å². The molecule has 2 amide bonds. The summed E-state index contributed by atoms with van der Waals surface area (Å²) in [5.41, 5.74) is 6.43. The Morgan fingerprint density at radius 1 is 1.26 bits per heavy atom. The van der Waals surface area contributed by atoms with Gasteiger partial charge in [-0.15, -0.1) is 0 Å². The van der Waals surface area contributed by atoms with Crippen molar-refractivity contribution < 1.29 is 9.59 Å². The predicted molar refractivity (Wildman–Crippen MR) is 85.6 cm³/mol. The van der Waals surface area contributed by atoms with Crippen molar-refractivity contribution in [2.75, 3.05) is 13.1 Å². The summed E-state index contributed by atoms with van der Waals surface area (Å²) in [6.07, 6.45) is 6.17. The quantitative estimate of drug-likeness (QED) is 0.911. The van der Waals surface area contributed by atoms with Gasteiger partial charge < -0.3 is 10.6 Å². The monoisotopic (exact) mass is 316 g/mol. The molecule has 0 radical (unpaired) electrons. The highest BCUT2D eigenvalue weighted by atomic mass is 16.2. The molecule has 0 spiro atoms. The van der Waals surface area contributed by atoms with Crippen LogP contribution in [0, 0.1) is 18.8 Å². The Morgan fingerprint density at radius 3 is 2.70 bits per heavy atom. The number of carbonyl (C=O) groups is 2. The second-order valence-corrected chi connectivity index (χ2v) is 6.78. The number of aryl methyl sites for hydroxylation is 1. The fourth-order valence-electron chi connectivity index (χ4n) is 3.50. The number of primary amides is 1. The van der Waals surface area contributed by atoms with Crippen molar-refractivity contribution in [3.8, 4) is 0 Å². The van der Waals surface area contributed by atoms with Gasteiger partial charge in [0.05, 0.1) is 0 Å². The van der Waals surface area contributed by atoms with Crippen LogP contribution in [0.15, 0.2) is 6.07 Å². The average molecular weight is 316 g/mol. The first-order chi connectivity index (χ1) is 11.0. The lowest BCUT2D eigenvalue weighted by Crippen LogP contribution is -2.45. The first-order valence-corrected chi connectivity index (χ1v) is 8.46. The summed E-state index contributed by atoms with van der Waals surface area (Å²) < 4.78 is 0. The Hall–Kier alpha value is -1.98. The van der Waals surface area contributed by atoms with Crippen LogP contribution >= 0.6 is 0 Å². The van der Waals surface area contributed by atoms with Crippen LogP contribution in [-0.2, 0) is 11.2 Å². The van der Waals surface area contributed by atoms with Gasteiger partial charge in [-0.2, -0.15) is 0 Å². The second-order valence-electron chi connectivity index (χ2n) is 6.78. The van der Waals surface area contributed by atoms with E-state index in [0.717, 1.165) is 50.9 Å². The molecule has 2 N–H and O–H groups in total. The van der Waals surface area contributed by atoms with Crippen LogP contribution in [0.4, 0.5) is 0 Å². The summed E-state index contributed by atoms with van der Waals surface area (Å²) in [7, 11) is 0. The number of nitrogens with two attached hydrogens (primary N) is 1. The molecule has 1 aromatic heterocycles. The molecular formula is C17H24N4O2. The molecule has 2 fully saturated rings. The summed E-state index contributed by atoms with van der Waals surface area (Å²) in [4.78, 5) is 34.3. The van der Waals surface area contributed by atoms with Crippen molar-refractivity contribution in [1.82, 2.24) is 14.9 Å². The van der Waals surface area contributed by atoms with E-state index in [1.54, 1.807) is 13.0 Å². The molecule has 1 atom stereocenters. The van der Waals surface area contributed by atoms with E-state index in [1.807, 2.05) is 4.90 Å². The van der Waals surface area contributed by atoms with Gasteiger partial charge in [-0.25, -0.2) is 9.97 Å². The highest BCUT2D eigenvalue weighted by Gasteiger charge is 2.32. The molecule has 124 valence electrons. The lowest BCUT2D eigenvalue weighted by Gasteiger charge is -2.37. The van der Waals surface area contributed by atoms with Gasteiger partial charge in [0.15, 0.2) is 0 Å². The third-order valence-corrected chi connectivity index (χ3v) is 4.93. The molecule has 0 bridgehead atoms. The van der Waals surface area contributed by atoms with Gasteiger partial charge in [0, 0.05) is 24.7 Å². The summed E-state index contributed by atoms with van der Waals surface area (Å²) in [5.74, 6) is 1.02. The molecule has 6 heteroatoms. The first-order valence-electron chi connectivity index (χ1n) is 8.46. The molecular weight excluding hydrogens is 292 g/mol. The van der Waals surface area contributed by atoms with Crippen LogP contribution in [0.1, 0.15) is 54.1 Å². The third kappa shape index (κ3) is 3.68. The Bertz CT molecular complexity index is 613. The zero-order chi connectivity index (χ0) is 16.4. The summed E-state index contributed by atoms with van der Waals surface area (Å²) in [6, 6.07) is 1.68. The minimum Gasteiger partial charge on any atom is -0.364 e. The number of hydrogen-bond donors (Lipinski definition) is 1. The Balaban J connectivity index is 1.65. The standard InChI is InChI=1S/C17H24N4O2/c1-11-19-14(9-15(20-11)16(18)22)8-12-4-3-7-21(10-12)17(23)13-5-2-6-13/h9,12-13H,2-8,10H2,1H3,(H2,18,22)/t12-/m0/s1. The summed E-state index contributed by atoms with van der Waals surface area (Å²) in [6.45, 7) is 3.44. The number of piperidine rings is 1. The van der Waals surface area contributed by atoms with Gasteiger partial charge in [0.2, 0.25) is 5.91 Å². The van der Waals surface area contributed by atoms with Gasteiger partial charge in [0.25, 0.3) is 5.91 Å². The van der Waals surface area contributed by atoms with E-state index in [-0.39, 0.29) is 11.6 Å². The van der Waals surface area contributed by atoms with E-state index in [2.05, 4.69) is 9.97 Å². The zero-order valence-corrected chi connectivity index (χ0v) is 13.6. The van der Waals surface area contributed by atoms with Crippen molar-refractivity contribution in [2.24, 2.45) is 17.6 Å². The number of rotatable bonds is 4. The maximum absolute atomic E-state index is 12.4. The van der Waals surface area contributed by atoms with E-state index < -0.39 is 5.91 Å². The second kappa shape index (κ2) is 6.64. The van der Waals surface area contributed by atoms with Crippen molar-refractivity contribution in [2.45, 2.75) is 45.4 Å². The van der Waals surface area contributed by atoms with Crippen molar-refractivity contribution in [3.05, 3.63) is 23.3 Å². The number of nitrogens with zero attached hydrogens (tertiary/aromatic N) is 3. The van der Waals surface area contributed by atoms with E-state index in [0.29, 0.717) is 17.6 Å². The number of hydrogen-bond acceptors (Lipinski definition) is 4. The maximum atomic E-state index is 12.4. The van der Waals surface area contributed by atoms with Gasteiger partial charge in [-0.05, 0) is 51.0 Å². The lowest BCUT2D eigenvalue weighted by atomic mass is 9.83. The molecule has 2 heterocycles. The van der Waals surface area contributed by atoms with Crippen molar-refractivity contribution in [3.63, 3.8) is 0 Å². The number of aromatic nitrogens is 2. The van der Waals surface area contributed by atoms with E-state index in [4.69, 9.17) is 5.73 Å². The van der Waals surface area contributed by atoms with Gasteiger partial charge in [-0.1, -0.05) is 6.42 Å². The molecule has 1 aromatic rings. The predicted octanol–water partition coefficient (Wildman–Crippen LogP) is 1.47. The number of carbonyl (C=O) groups excluding carboxylic acids is 2. The molecule has 6 nitrogen and oxygen atoms in total. The number of amides is 2. The lowest BCUT2D eigenvalue weighted by molar-refractivity contribution is -0.140. The van der Waals surface area contributed by atoms with Crippen molar-refractivity contribution in [1.29, 1.82) is 0 Å². The fraction of sp³-hybridized carbons (Fsp3) is 0.647. The highest BCUT2D eigenvalue weighted by molar-refractivity contribution is 5.90. The van der Waals surface area contributed by atoms with E-state index >= 15 is 0 Å². The molecule has 0 aromatic carbocycles. The molecule has 1 aliphatic heterocycles. The van der Waals surface area contributed by atoms with Crippen LogP contribution in [0.3, 0.4) is 0 Å². The molecule has 3 rings (SSSR count). The van der Waals surface area contributed by atoms with Crippen LogP contribution < -0.4 is 5.73 Å². The molecule has 0 unspecified atom stereocenters. The summed E-state index contributed by atoms with van der Waals surface area (Å²) >= 11 is 0. The topological polar surface area (TPSA) is 89.2 Å². The van der Waals surface area contributed by atoms with Gasteiger partial charge >= 0.3 is 0 Å². The minimum atomic E-state index is -0.526. The average Bonchev–Trinajstić information content (AvgIpc) is 2.45. The van der Waals surface area contributed by atoms with E-state index in [1.165, 1.54) is 6.42 Å². The fourth-order valence-corrected chi connectivity index (χ4v) is 3.50. The largest absolute Gasteiger partial charge is 0.364 e. The molecule has 1 saturated carbocycles. The summed E-state index contributed by atoms with van der Waals surface area (Å²) in [5, 5.41) is 0. The van der Waals surface area contributed by atoms with Crippen LogP contribution in [-0.4, -0.2) is 39.8 Å². The van der Waals surface area contributed by atoms with Crippen LogP contribution in [0.25, 0.3) is 0 Å². The molecule has 2 aliphatic rings. The van der Waals surface area contributed by atoms with Crippen molar-refractivity contribution >= 4 is 11.8 Å². The molecule has 1 saturated heterocycles. The smallest absolute Gasteiger partial charge is 0.267 e. The molecule has 23 heavy (non-hydrogen) atoms. The normalized spacial score (nSPS) is 21.8. The zero-order valence-electron chi connectivity index (χ0n) is 13.6. The molecule has 1 aliphatic carbocycles. The third-order valence-electron chi connectivity index (χ3n) is 4.93. The Morgan fingerprint density at radius 2 is 2.04 bits per heavy atom. The minimum absolute atomic E-state index is 0.261. The SMILES string of the molecule is Cc1nc(C[C@@H]2CCCN(C(=O)C3CCC3)C2)cc(C(N)=O)n1. The first kappa shape index (κ1) is 15.9. The Kier molecular flexibility index (Phi) is 4.59. The van der Waals surface area contributed by atoms with Crippen LogP contribution in [0.2, 0.25) is 0 Å². The number of likely N-dealkylation sites (tertiary alicyclic amines) is 1. The van der Waals surface area contributed by atoms with Crippen LogP contribution in [0.5, 0.6) is 0 Å². The van der Waals surface area contributed by atoms with Gasteiger partial charge in [0.1, 0.15) is 11.5 Å².